The topological polar surface area (TPSA) is 90.4 Å². The van der Waals surface area contributed by atoms with Crippen molar-refractivity contribution >= 4 is 17.7 Å². The van der Waals surface area contributed by atoms with Gasteiger partial charge >= 0.3 is 0 Å². The number of benzene rings is 1. The summed E-state index contributed by atoms with van der Waals surface area (Å²) in [6, 6.07) is 9.17. The number of aliphatic hydroxyl groups is 1. The Morgan fingerprint density at radius 2 is 1.77 bits per heavy atom. The summed E-state index contributed by atoms with van der Waals surface area (Å²) in [5.41, 5.74) is -0.840. The van der Waals surface area contributed by atoms with Gasteiger partial charge in [0.05, 0.1) is 17.4 Å². The summed E-state index contributed by atoms with van der Waals surface area (Å²) in [5, 5.41) is 9.52. The van der Waals surface area contributed by atoms with Gasteiger partial charge in [0.15, 0.2) is 0 Å². The number of hydrogen-bond donors (Lipinski definition) is 1. The van der Waals surface area contributed by atoms with Crippen molar-refractivity contribution in [1.82, 2.24) is 14.7 Å². The lowest BCUT2D eigenvalue weighted by atomic mass is 9.64. The SMILES string of the molecule is C=CCN(Cc1ccccc1)C(=O)[C@H]1[C@H]2C(=O)N(CCCCO)C(C(=O)N(CC=C)C3CCCCC3)C23CC[C@]1(CC)O3. The van der Waals surface area contributed by atoms with Gasteiger partial charge in [-0.2, -0.15) is 0 Å². The van der Waals surface area contributed by atoms with E-state index in [4.69, 9.17) is 4.74 Å². The third-order valence-corrected chi connectivity index (χ3v) is 10.5. The van der Waals surface area contributed by atoms with Gasteiger partial charge < -0.3 is 24.5 Å². The van der Waals surface area contributed by atoms with E-state index in [1.54, 1.807) is 22.0 Å². The molecule has 234 valence electrons. The average Bonchev–Trinajstić information content (AvgIpc) is 3.63. The zero-order chi connectivity index (χ0) is 30.6. The summed E-state index contributed by atoms with van der Waals surface area (Å²) in [5.74, 6) is -1.76. The van der Waals surface area contributed by atoms with E-state index >= 15 is 0 Å². The Kier molecular flexibility index (Phi) is 9.76. The number of carbonyl (C=O) groups excluding carboxylic acids is 3. The van der Waals surface area contributed by atoms with E-state index in [9.17, 15) is 19.5 Å². The molecule has 5 atom stereocenters. The first-order valence-electron chi connectivity index (χ1n) is 16.3. The van der Waals surface area contributed by atoms with Gasteiger partial charge in [-0.15, -0.1) is 13.2 Å². The van der Waals surface area contributed by atoms with Crippen molar-refractivity contribution in [2.75, 3.05) is 26.2 Å². The molecule has 0 radical (unpaired) electrons. The van der Waals surface area contributed by atoms with Crippen molar-refractivity contribution in [2.45, 2.75) is 101 Å². The normalized spacial score (nSPS) is 29.9. The van der Waals surface area contributed by atoms with Crippen LogP contribution in [0.3, 0.4) is 0 Å². The Morgan fingerprint density at radius 1 is 1.05 bits per heavy atom. The zero-order valence-corrected chi connectivity index (χ0v) is 25.8. The fourth-order valence-electron chi connectivity index (χ4n) is 8.50. The average molecular weight is 592 g/mol. The molecule has 2 bridgehead atoms. The molecule has 3 amide bonds. The Hall–Kier alpha value is -2.97. The first-order valence-corrected chi connectivity index (χ1v) is 16.3. The van der Waals surface area contributed by atoms with Gasteiger partial charge in [-0.25, -0.2) is 0 Å². The lowest BCUT2D eigenvalue weighted by Gasteiger charge is -2.41. The van der Waals surface area contributed by atoms with Crippen LogP contribution in [0.25, 0.3) is 0 Å². The molecule has 1 aromatic carbocycles. The van der Waals surface area contributed by atoms with E-state index in [0.29, 0.717) is 58.3 Å². The van der Waals surface area contributed by atoms with Crippen molar-refractivity contribution in [2.24, 2.45) is 11.8 Å². The Balaban J connectivity index is 1.54. The maximum atomic E-state index is 14.7. The van der Waals surface area contributed by atoms with Gasteiger partial charge in [0.2, 0.25) is 17.7 Å². The Morgan fingerprint density at radius 3 is 2.42 bits per heavy atom. The van der Waals surface area contributed by atoms with Crippen molar-refractivity contribution in [3.05, 3.63) is 61.2 Å². The highest BCUT2D eigenvalue weighted by molar-refractivity contribution is 5.99. The largest absolute Gasteiger partial charge is 0.396 e. The van der Waals surface area contributed by atoms with Gasteiger partial charge in [0, 0.05) is 38.8 Å². The predicted molar refractivity (Wildman–Crippen MR) is 166 cm³/mol. The molecule has 8 nitrogen and oxygen atoms in total. The molecule has 1 aromatic rings. The Bertz CT molecular complexity index is 1180. The lowest BCUT2D eigenvalue weighted by Crippen LogP contribution is -2.58. The van der Waals surface area contributed by atoms with Crippen LogP contribution in [0.5, 0.6) is 0 Å². The van der Waals surface area contributed by atoms with E-state index < -0.39 is 29.1 Å². The van der Waals surface area contributed by atoms with Crippen molar-refractivity contribution < 1.29 is 24.2 Å². The molecule has 1 N–H and O–H groups in total. The molecule has 3 heterocycles. The van der Waals surface area contributed by atoms with Crippen LogP contribution in [-0.2, 0) is 25.7 Å². The molecule has 8 heteroatoms. The van der Waals surface area contributed by atoms with Crippen LogP contribution in [0.1, 0.15) is 76.7 Å². The zero-order valence-electron chi connectivity index (χ0n) is 25.8. The minimum absolute atomic E-state index is 0.0203. The molecule has 1 aliphatic carbocycles. The van der Waals surface area contributed by atoms with Crippen LogP contribution in [0.4, 0.5) is 0 Å². The first-order chi connectivity index (χ1) is 20.9. The molecule has 4 fully saturated rings. The number of likely N-dealkylation sites (tertiary alicyclic amines) is 1. The quantitative estimate of drug-likeness (QED) is 0.255. The second kappa shape index (κ2) is 13.3. The van der Waals surface area contributed by atoms with Gasteiger partial charge in [-0.05, 0) is 50.5 Å². The molecule has 3 saturated heterocycles. The summed E-state index contributed by atoms with van der Waals surface area (Å²) in [6.07, 6.45) is 11.6. The summed E-state index contributed by atoms with van der Waals surface area (Å²) in [7, 11) is 0. The fraction of sp³-hybridized carbons (Fsp3) is 0.629. The maximum absolute atomic E-state index is 14.7. The maximum Gasteiger partial charge on any atom is 0.248 e. The van der Waals surface area contributed by atoms with Gasteiger partial charge in [-0.1, -0.05) is 68.7 Å². The number of aliphatic hydroxyl groups excluding tert-OH is 1. The van der Waals surface area contributed by atoms with Crippen LogP contribution in [0.2, 0.25) is 0 Å². The van der Waals surface area contributed by atoms with E-state index in [1.165, 1.54) is 6.42 Å². The number of amides is 3. The van der Waals surface area contributed by atoms with Crippen LogP contribution < -0.4 is 0 Å². The number of hydrogen-bond acceptors (Lipinski definition) is 5. The fourth-order valence-corrected chi connectivity index (χ4v) is 8.50. The van der Waals surface area contributed by atoms with E-state index in [1.807, 2.05) is 42.2 Å². The summed E-state index contributed by atoms with van der Waals surface area (Å²) in [4.78, 5) is 49.3. The highest BCUT2D eigenvalue weighted by Gasteiger charge is 2.79. The molecular formula is C35H49N3O5. The summed E-state index contributed by atoms with van der Waals surface area (Å²) >= 11 is 0. The van der Waals surface area contributed by atoms with E-state index in [-0.39, 0.29) is 30.4 Å². The van der Waals surface area contributed by atoms with Gasteiger partial charge in [0.1, 0.15) is 11.6 Å². The number of carbonyl (C=O) groups is 3. The molecule has 2 unspecified atom stereocenters. The van der Waals surface area contributed by atoms with E-state index in [2.05, 4.69) is 13.2 Å². The highest BCUT2D eigenvalue weighted by Crippen LogP contribution is 2.64. The third kappa shape index (κ3) is 5.57. The number of ether oxygens (including phenoxy) is 1. The number of unbranched alkanes of at least 4 members (excludes halogenated alkanes) is 1. The minimum Gasteiger partial charge on any atom is -0.396 e. The van der Waals surface area contributed by atoms with Crippen LogP contribution in [0, 0.1) is 11.8 Å². The first kappa shape index (κ1) is 31.5. The smallest absolute Gasteiger partial charge is 0.248 e. The van der Waals surface area contributed by atoms with Crippen LogP contribution in [0.15, 0.2) is 55.6 Å². The monoisotopic (exact) mass is 591 g/mol. The molecule has 0 aromatic heterocycles. The van der Waals surface area contributed by atoms with Crippen molar-refractivity contribution in [3.63, 3.8) is 0 Å². The molecular weight excluding hydrogens is 542 g/mol. The van der Waals surface area contributed by atoms with Crippen LogP contribution >= 0.6 is 0 Å². The van der Waals surface area contributed by atoms with E-state index in [0.717, 1.165) is 31.2 Å². The molecule has 43 heavy (non-hydrogen) atoms. The summed E-state index contributed by atoms with van der Waals surface area (Å²) in [6.45, 7) is 11.4. The second-order valence-corrected chi connectivity index (χ2v) is 12.9. The minimum atomic E-state index is -1.05. The van der Waals surface area contributed by atoms with Crippen molar-refractivity contribution in [3.8, 4) is 0 Å². The molecule has 1 spiro atoms. The van der Waals surface area contributed by atoms with Gasteiger partial charge in [-0.3, -0.25) is 14.4 Å². The molecule has 3 aliphatic heterocycles. The van der Waals surface area contributed by atoms with Crippen LogP contribution in [-0.4, -0.2) is 87.1 Å². The lowest BCUT2D eigenvalue weighted by molar-refractivity contribution is -0.156. The van der Waals surface area contributed by atoms with Crippen molar-refractivity contribution in [1.29, 1.82) is 0 Å². The molecule has 4 aliphatic rings. The highest BCUT2D eigenvalue weighted by atomic mass is 16.5. The number of fused-ring (bicyclic) bond motifs is 1. The molecule has 1 saturated carbocycles. The predicted octanol–water partition coefficient (Wildman–Crippen LogP) is 4.48. The second-order valence-electron chi connectivity index (χ2n) is 12.9. The third-order valence-electron chi connectivity index (χ3n) is 10.5. The molecule has 5 rings (SSSR count). The summed E-state index contributed by atoms with van der Waals surface area (Å²) < 4.78 is 7.03. The Labute approximate surface area is 256 Å². The van der Waals surface area contributed by atoms with Gasteiger partial charge in [0.25, 0.3) is 0 Å². The number of rotatable bonds is 14. The number of nitrogens with zero attached hydrogens (tertiary/aromatic N) is 3. The standard InChI is InChI=1S/C35H49N3O5/c1-4-21-36(25-26-15-9-7-10-16-26)31(40)28-29-32(41)38(23-13-14-24-39)30(35(29)20-19-34(28,6-3)43-35)33(42)37(22-5-2)27-17-11-8-12-18-27/h4-5,7,9-10,15-16,27-30,39H,1-2,6,8,11-14,17-25H2,3H3/t28-,29+,30?,34+,35?/m1/s1.